The van der Waals surface area contributed by atoms with Gasteiger partial charge in [-0.15, -0.1) is 0 Å². The van der Waals surface area contributed by atoms with Gasteiger partial charge >= 0.3 is 30.3 Å². The number of aliphatic carboxylic acids is 3. The smallest absolute Gasteiger partial charge is 0.416 e. The molecule has 1 unspecified atom stereocenters. The molecule has 16 heteroatoms. The molecule has 1 aromatic carbocycles. The summed E-state index contributed by atoms with van der Waals surface area (Å²) in [7, 11) is 0. The Labute approximate surface area is 232 Å². The van der Waals surface area contributed by atoms with Crippen LogP contribution in [0.15, 0.2) is 18.2 Å². The average molecular weight is 604 g/mol. The van der Waals surface area contributed by atoms with Gasteiger partial charge in [-0.1, -0.05) is 40.0 Å². The second-order valence-electron chi connectivity index (χ2n) is 9.10. The van der Waals surface area contributed by atoms with Crippen LogP contribution >= 0.6 is 0 Å². The summed E-state index contributed by atoms with van der Waals surface area (Å²) in [5.41, 5.74) is -4.15. The summed E-state index contributed by atoms with van der Waals surface area (Å²) in [5, 5.41) is 29.4. The van der Waals surface area contributed by atoms with Gasteiger partial charge in [-0.05, 0) is 24.6 Å². The summed E-state index contributed by atoms with van der Waals surface area (Å²) in [6.45, 7) is 2.71. The first-order chi connectivity index (χ1) is 18.8. The normalized spacial score (nSPS) is 12.5. The lowest BCUT2D eigenvalue weighted by atomic mass is 10.1. The van der Waals surface area contributed by atoms with Crippen LogP contribution in [-0.4, -0.2) is 87.7 Å². The van der Waals surface area contributed by atoms with E-state index in [1.54, 1.807) is 6.92 Å². The van der Waals surface area contributed by atoms with Crippen molar-refractivity contribution in [3.8, 4) is 0 Å². The van der Waals surface area contributed by atoms with Gasteiger partial charge in [-0.3, -0.25) is 29.0 Å². The van der Waals surface area contributed by atoms with Crippen molar-refractivity contribution in [1.29, 1.82) is 0 Å². The number of carboxylic acid groups (broad SMARTS) is 3. The molecular formula is C25H35F6N3O7. The van der Waals surface area contributed by atoms with Crippen molar-refractivity contribution in [2.75, 3.05) is 38.0 Å². The molecule has 0 radical (unpaired) electrons. The first kappa shape index (κ1) is 37.6. The molecule has 0 aliphatic rings. The number of unbranched alkanes of at least 4 members (excludes halogenated alkanes) is 1. The number of carbonyl (C=O) groups is 4. The third-order valence-electron chi connectivity index (χ3n) is 5.15. The molecule has 0 fully saturated rings. The molecule has 234 valence electrons. The molecule has 1 rings (SSSR count). The van der Waals surface area contributed by atoms with Gasteiger partial charge in [0, 0.05) is 18.3 Å². The van der Waals surface area contributed by atoms with Crippen LogP contribution in [0.4, 0.5) is 32.0 Å². The van der Waals surface area contributed by atoms with E-state index in [4.69, 9.17) is 10.2 Å². The Hall–Kier alpha value is -3.40. The fourth-order valence-corrected chi connectivity index (χ4v) is 3.59. The van der Waals surface area contributed by atoms with E-state index in [-0.39, 0.29) is 19.0 Å². The van der Waals surface area contributed by atoms with Crippen molar-refractivity contribution in [3.05, 3.63) is 29.3 Å². The van der Waals surface area contributed by atoms with Gasteiger partial charge in [-0.25, -0.2) is 0 Å². The topological polar surface area (TPSA) is 147 Å². The Morgan fingerprint density at radius 2 is 1.22 bits per heavy atom. The molecule has 0 saturated carbocycles. The predicted molar refractivity (Wildman–Crippen MR) is 135 cm³/mol. The summed E-state index contributed by atoms with van der Waals surface area (Å²) in [5.74, 6) is -5.30. The molecule has 0 bridgehead atoms. The van der Waals surface area contributed by atoms with E-state index in [9.17, 15) is 50.6 Å². The largest absolute Gasteiger partial charge is 0.480 e. The minimum atomic E-state index is -5.15. The van der Waals surface area contributed by atoms with E-state index >= 15 is 0 Å². The molecule has 0 spiro atoms. The van der Waals surface area contributed by atoms with E-state index in [2.05, 4.69) is 13.8 Å². The van der Waals surface area contributed by atoms with Crippen LogP contribution in [0.25, 0.3) is 0 Å². The van der Waals surface area contributed by atoms with Crippen molar-refractivity contribution in [1.82, 2.24) is 9.80 Å². The second-order valence-corrected chi connectivity index (χ2v) is 9.10. The molecule has 1 atom stereocenters. The van der Waals surface area contributed by atoms with E-state index in [0.717, 1.165) is 9.80 Å². The summed E-state index contributed by atoms with van der Waals surface area (Å²) in [6.07, 6.45) is -7.82. The number of carbonyl (C=O) groups excluding carboxylic acids is 1. The molecule has 0 aromatic heterocycles. The lowest BCUT2D eigenvalue weighted by Gasteiger charge is -2.33. The lowest BCUT2D eigenvalue weighted by Crippen LogP contribution is -2.50. The Morgan fingerprint density at radius 3 is 1.59 bits per heavy atom. The van der Waals surface area contributed by atoms with Gasteiger partial charge in [0.25, 0.3) is 0 Å². The van der Waals surface area contributed by atoms with Crippen LogP contribution in [0, 0.1) is 0 Å². The van der Waals surface area contributed by atoms with E-state index in [1.807, 2.05) is 5.32 Å². The van der Waals surface area contributed by atoms with Gasteiger partial charge in [-0.2, -0.15) is 26.3 Å². The van der Waals surface area contributed by atoms with Crippen molar-refractivity contribution >= 4 is 29.5 Å². The predicted octanol–water partition coefficient (Wildman–Crippen LogP) is 4.50. The number of nitrogens with one attached hydrogen (secondary N) is 1. The van der Waals surface area contributed by atoms with Crippen LogP contribution in [-0.2, 0) is 31.5 Å². The highest BCUT2D eigenvalue weighted by atomic mass is 19.4. The third kappa shape index (κ3) is 15.8. The number of anilines is 1. The highest BCUT2D eigenvalue weighted by Gasteiger charge is 2.37. The van der Waals surface area contributed by atoms with Gasteiger partial charge in [0.15, 0.2) is 0 Å². The zero-order chi connectivity index (χ0) is 32.0. The van der Waals surface area contributed by atoms with Gasteiger partial charge in [0.2, 0.25) is 5.91 Å². The molecule has 1 amide bonds. The molecular weight excluding hydrogens is 568 g/mol. The van der Waals surface area contributed by atoms with E-state index < -0.39 is 85.2 Å². The highest BCUT2D eigenvalue weighted by molar-refractivity contribution is 5.92. The minimum absolute atomic E-state index is 0.118. The van der Waals surface area contributed by atoms with Crippen molar-refractivity contribution in [3.63, 3.8) is 0 Å². The summed E-state index contributed by atoms with van der Waals surface area (Å²) in [6, 6.07) is -0.412. The minimum Gasteiger partial charge on any atom is -0.480 e. The maximum Gasteiger partial charge on any atom is 0.416 e. The maximum atomic E-state index is 13.1. The summed E-state index contributed by atoms with van der Waals surface area (Å²) >= 11 is 0. The Morgan fingerprint density at radius 1 is 0.780 bits per heavy atom. The molecule has 1 aromatic rings. The van der Waals surface area contributed by atoms with Crippen LogP contribution in [0.2, 0.25) is 0 Å². The zero-order valence-corrected chi connectivity index (χ0v) is 22.8. The molecule has 0 aliphatic heterocycles. The monoisotopic (exact) mass is 603 g/mol. The molecule has 4 N–H and O–H groups in total. The number of alkyl halides is 6. The number of nitrogens with zero attached hydrogens (tertiary/aromatic N) is 2. The number of rotatable bonds is 15. The summed E-state index contributed by atoms with van der Waals surface area (Å²) < 4.78 is 78.7. The Balaban J connectivity index is 0.00000509. The fraction of sp³-hybridized carbons (Fsp3) is 0.600. The SMILES string of the molecule is CCC.CCCCC(CN(CC(=O)O)CC(=O)O)N(CC(=O)O)CC(=O)Nc1cc(C(F)(F)F)cc(C(F)(F)F)c1. The van der Waals surface area contributed by atoms with Gasteiger partial charge in [0.1, 0.15) is 0 Å². The van der Waals surface area contributed by atoms with Crippen LogP contribution < -0.4 is 5.32 Å². The van der Waals surface area contributed by atoms with Gasteiger partial charge in [0.05, 0.1) is 37.3 Å². The Bertz CT molecular complexity index is 970. The quantitative estimate of drug-likeness (QED) is 0.213. The number of amides is 1. The number of hydrogen-bond donors (Lipinski definition) is 4. The van der Waals surface area contributed by atoms with E-state index in [0.29, 0.717) is 25.0 Å². The lowest BCUT2D eigenvalue weighted by molar-refractivity contribution is -0.144. The standard InChI is InChI=1S/C22H27F6N3O7.C3H8/c1-2-3-4-16(8-30(10-18(33)34)11-19(35)36)31(12-20(37)38)9-17(32)29-15-6-13(21(23,24)25)5-14(7-15)22(26,27)28;1-3-2/h5-7,16H,2-4,8-12H2,1H3,(H,29,32)(H,33,34)(H,35,36)(H,37,38);3H2,1-2H3. The van der Waals surface area contributed by atoms with Crippen molar-refractivity contribution < 1.29 is 60.8 Å². The average Bonchev–Trinajstić information content (AvgIpc) is 2.79. The first-order valence-corrected chi connectivity index (χ1v) is 12.5. The van der Waals surface area contributed by atoms with Gasteiger partial charge < -0.3 is 20.6 Å². The maximum absolute atomic E-state index is 13.1. The van der Waals surface area contributed by atoms with E-state index in [1.165, 1.54) is 6.42 Å². The number of halogens is 6. The number of hydrogen-bond acceptors (Lipinski definition) is 6. The molecule has 0 heterocycles. The first-order valence-electron chi connectivity index (χ1n) is 12.5. The molecule has 41 heavy (non-hydrogen) atoms. The second kappa shape index (κ2) is 17.4. The fourth-order valence-electron chi connectivity index (χ4n) is 3.59. The highest BCUT2D eigenvalue weighted by Crippen LogP contribution is 2.37. The van der Waals surface area contributed by atoms with Crippen molar-refractivity contribution in [2.24, 2.45) is 0 Å². The van der Waals surface area contributed by atoms with Crippen molar-refractivity contribution in [2.45, 2.75) is 64.8 Å². The third-order valence-corrected chi connectivity index (χ3v) is 5.15. The Kier molecular flexibility index (Phi) is 16.0. The van der Waals surface area contributed by atoms with Crippen LogP contribution in [0.1, 0.15) is 57.6 Å². The number of benzene rings is 1. The number of carboxylic acids is 3. The van der Waals surface area contributed by atoms with Crippen LogP contribution in [0.5, 0.6) is 0 Å². The summed E-state index contributed by atoms with van der Waals surface area (Å²) in [4.78, 5) is 48.4. The molecule has 10 nitrogen and oxygen atoms in total. The van der Waals surface area contributed by atoms with Crippen LogP contribution in [0.3, 0.4) is 0 Å². The zero-order valence-electron chi connectivity index (χ0n) is 22.8. The molecule has 0 saturated heterocycles. The molecule has 0 aliphatic carbocycles.